The fraction of sp³-hybridized carbons (Fsp3) is 0.486. The second-order valence-corrected chi connectivity index (χ2v) is 17.9. The molecular weight excluding hydrogens is 636 g/mol. The van der Waals surface area contributed by atoms with Gasteiger partial charge in [0.1, 0.15) is 0 Å². The summed E-state index contributed by atoms with van der Waals surface area (Å²) in [6.45, 7) is 12.8. The van der Waals surface area contributed by atoms with E-state index in [1.807, 2.05) is 68.5 Å². The van der Waals surface area contributed by atoms with Gasteiger partial charge in [-0.25, -0.2) is 0 Å². The van der Waals surface area contributed by atoms with E-state index in [0.29, 0.717) is 13.1 Å². The Hall–Kier alpha value is -2.56. The van der Waals surface area contributed by atoms with Crippen LogP contribution in [0.3, 0.4) is 0 Å². The molecule has 7 nitrogen and oxygen atoms in total. The maximum Gasteiger partial charge on any atom is 0.264 e. The van der Waals surface area contributed by atoms with Crippen molar-refractivity contribution in [3.05, 3.63) is 87.4 Å². The second kappa shape index (κ2) is 14.2. The maximum absolute atomic E-state index is 14.6. The van der Waals surface area contributed by atoms with E-state index >= 15 is 0 Å². The summed E-state index contributed by atoms with van der Waals surface area (Å²) >= 11 is 3.61. The molecule has 1 saturated heterocycles. The molecule has 4 atom stereocenters. The highest BCUT2D eigenvalue weighted by Crippen LogP contribution is 2.60. The minimum absolute atomic E-state index is 0.0145. The SMILES string of the molecule is CC(C)=CCC/C(C)=C/CN1C(=O)[C@]2(O[C@H](CC(=O)N(CCO)Cc3ccccc3)[C@@H]([Si](C)(C)O)[C@@H]2C)c2cc(Br)ccc21. The largest absolute Gasteiger partial charge is 0.432 e. The average molecular weight is 684 g/mol. The first-order chi connectivity index (χ1) is 20.8. The van der Waals surface area contributed by atoms with Gasteiger partial charge in [0.15, 0.2) is 13.9 Å². The maximum atomic E-state index is 14.6. The molecule has 44 heavy (non-hydrogen) atoms. The van der Waals surface area contributed by atoms with Crippen molar-refractivity contribution in [3.63, 3.8) is 0 Å². The molecule has 2 aliphatic heterocycles. The predicted molar refractivity (Wildman–Crippen MR) is 182 cm³/mol. The number of carbonyl (C=O) groups excluding carboxylic acids is 2. The summed E-state index contributed by atoms with van der Waals surface area (Å²) in [4.78, 5) is 43.4. The van der Waals surface area contributed by atoms with Crippen LogP contribution in [0.1, 0.15) is 58.1 Å². The highest BCUT2D eigenvalue weighted by molar-refractivity contribution is 9.10. The summed E-state index contributed by atoms with van der Waals surface area (Å²) in [7, 11) is -2.93. The molecule has 2 aromatic carbocycles. The van der Waals surface area contributed by atoms with Gasteiger partial charge in [-0.2, -0.15) is 0 Å². The van der Waals surface area contributed by atoms with Crippen LogP contribution in [0, 0.1) is 5.92 Å². The van der Waals surface area contributed by atoms with Crippen molar-refractivity contribution in [3.8, 4) is 0 Å². The Kier molecular flexibility index (Phi) is 11.1. The number of carbonyl (C=O) groups is 2. The van der Waals surface area contributed by atoms with Crippen LogP contribution in [0.15, 0.2) is 76.3 Å². The van der Waals surface area contributed by atoms with Crippen LogP contribution in [0.2, 0.25) is 18.6 Å². The Balaban J connectivity index is 1.66. The van der Waals surface area contributed by atoms with Gasteiger partial charge in [-0.1, -0.05) is 76.5 Å². The smallest absolute Gasteiger partial charge is 0.264 e. The van der Waals surface area contributed by atoms with Gasteiger partial charge in [0.05, 0.1) is 24.8 Å². The number of benzene rings is 2. The lowest BCUT2D eigenvalue weighted by Crippen LogP contribution is -2.46. The minimum atomic E-state index is -2.93. The molecule has 0 aliphatic carbocycles. The van der Waals surface area contributed by atoms with E-state index in [0.717, 1.165) is 34.1 Å². The number of halogens is 1. The van der Waals surface area contributed by atoms with Crippen LogP contribution < -0.4 is 4.90 Å². The average Bonchev–Trinajstić information content (AvgIpc) is 3.37. The number of aliphatic hydroxyl groups is 1. The first kappa shape index (κ1) is 34.3. The highest BCUT2D eigenvalue weighted by Gasteiger charge is 2.66. The molecule has 0 unspecified atom stereocenters. The van der Waals surface area contributed by atoms with Crippen LogP contribution in [-0.4, -0.2) is 60.7 Å². The molecule has 0 radical (unpaired) electrons. The Morgan fingerprint density at radius 3 is 2.48 bits per heavy atom. The lowest BCUT2D eigenvalue weighted by atomic mass is 9.82. The molecule has 0 saturated carbocycles. The van der Waals surface area contributed by atoms with Crippen LogP contribution in [0.5, 0.6) is 0 Å². The van der Waals surface area contributed by atoms with E-state index in [9.17, 15) is 19.5 Å². The van der Waals surface area contributed by atoms with Crippen molar-refractivity contribution in [1.82, 2.24) is 4.90 Å². The molecule has 1 spiro atoms. The molecule has 0 aromatic heterocycles. The number of nitrogens with zero attached hydrogens (tertiary/aromatic N) is 2. The summed E-state index contributed by atoms with van der Waals surface area (Å²) in [5.74, 6) is -0.686. The summed E-state index contributed by atoms with van der Waals surface area (Å²) in [6.07, 6.45) is 5.57. The number of allylic oxidation sites excluding steroid dienone is 3. The Morgan fingerprint density at radius 1 is 1.14 bits per heavy atom. The summed E-state index contributed by atoms with van der Waals surface area (Å²) in [6, 6.07) is 15.5. The lowest BCUT2D eigenvalue weighted by molar-refractivity contribution is -0.149. The molecule has 2 heterocycles. The summed E-state index contributed by atoms with van der Waals surface area (Å²) < 4.78 is 7.69. The number of hydrogen-bond acceptors (Lipinski definition) is 5. The Morgan fingerprint density at radius 2 is 1.84 bits per heavy atom. The van der Waals surface area contributed by atoms with Crippen LogP contribution in [-0.2, 0) is 26.5 Å². The lowest BCUT2D eigenvalue weighted by Gasteiger charge is -2.32. The Labute approximate surface area is 271 Å². The fourth-order valence-electron chi connectivity index (χ4n) is 6.89. The number of amides is 2. The number of rotatable bonds is 12. The van der Waals surface area contributed by atoms with Crippen molar-refractivity contribution < 1.29 is 24.2 Å². The molecule has 238 valence electrons. The third-order valence-electron chi connectivity index (χ3n) is 8.97. The molecule has 0 bridgehead atoms. The number of anilines is 1. The van der Waals surface area contributed by atoms with Crippen molar-refractivity contribution in [1.29, 1.82) is 0 Å². The molecule has 2 aliphatic rings. The van der Waals surface area contributed by atoms with E-state index < -0.39 is 20.0 Å². The fourth-order valence-corrected chi connectivity index (χ4v) is 9.80. The monoisotopic (exact) mass is 682 g/mol. The third-order valence-corrected chi connectivity index (χ3v) is 12.0. The summed E-state index contributed by atoms with van der Waals surface area (Å²) in [5.41, 5.74) is 3.36. The van der Waals surface area contributed by atoms with Gasteiger partial charge in [0.25, 0.3) is 5.91 Å². The van der Waals surface area contributed by atoms with Gasteiger partial charge in [-0.3, -0.25) is 9.59 Å². The van der Waals surface area contributed by atoms with Gasteiger partial charge in [-0.05, 0) is 70.5 Å². The van der Waals surface area contributed by atoms with Gasteiger partial charge < -0.3 is 24.4 Å². The van der Waals surface area contributed by atoms with Gasteiger partial charge in [0.2, 0.25) is 5.91 Å². The third kappa shape index (κ3) is 7.28. The van der Waals surface area contributed by atoms with E-state index in [1.165, 1.54) is 11.1 Å². The predicted octanol–water partition coefficient (Wildman–Crippen LogP) is 6.70. The highest BCUT2D eigenvalue weighted by atomic mass is 79.9. The molecule has 2 aromatic rings. The van der Waals surface area contributed by atoms with E-state index in [1.54, 1.807) is 9.80 Å². The number of ether oxygens (including phenoxy) is 1. The van der Waals surface area contributed by atoms with Crippen LogP contribution in [0.4, 0.5) is 5.69 Å². The minimum Gasteiger partial charge on any atom is -0.432 e. The molecule has 9 heteroatoms. The molecule has 2 N–H and O–H groups in total. The number of fused-ring (bicyclic) bond motifs is 2. The zero-order chi connectivity index (χ0) is 32.2. The van der Waals surface area contributed by atoms with E-state index in [2.05, 4.69) is 48.9 Å². The standard InChI is InChI=1S/C35H47BrN2O5Si/c1-24(2)11-10-12-25(3)17-18-38-30-16-15-28(36)21-29(30)35(34(38)41)26(4)33(44(5,6)42)31(43-35)22-32(40)37(19-20-39)23-27-13-8-7-9-14-27/h7-9,11,13-17,21,26,31,33,39,42H,10,12,18-20,22-23H2,1-6H3/b25-17+/t26-,31+,33-,35+/m0/s1. The van der Waals surface area contributed by atoms with Crippen LogP contribution in [0.25, 0.3) is 0 Å². The normalized spacial score (nSPS) is 23.3. The van der Waals surface area contributed by atoms with Gasteiger partial charge in [0, 0.05) is 41.1 Å². The number of hydrogen-bond donors (Lipinski definition) is 2. The van der Waals surface area contributed by atoms with Crippen molar-refractivity contribution >= 4 is 41.7 Å². The summed E-state index contributed by atoms with van der Waals surface area (Å²) in [5, 5.41) is 9.76. The molecule has 2 amide bonds. The van der Waals surface area contributed by atoms with Gasteiger partial charge >= 0.3 is 0 Å². The quantitative estimate of drug-likeness (QED) is 0.192. The van der Waals surface area contributed by atoms with E-state index in [-0.39, 0.29) is 42.8 Å². The van der Waals surface area contributed by atoms with Crippen molar-refractivity contribution in [2.75, 3.05) is 24.6 Å². The van der Waals surface area contributed by atoms with E-state index in [4.69, 9.17) is 4.74 Å². The van der Waals surface area contributed by atoms with Crippen molar-refractivity contribution in [2.45, 2.75) is 83.8 Å². The molecular formula is C35H47BrN2O5Si. The first-order valence-corrected chi connectivity index (χ1v) is 19.3. The molecule has 4 rings (SSSR count). The first-order valence-electron chi connectivity index (χ1n) is 15.5. The number of aliphatic hydroxyl groups excluding tert-OH is 1. The zero-order valence-electron chi connectivity index (χ0n) is 26.8. The topological polar surface area (TPSA) is 90.3 Å². The van der Waals surface area contributed by atoms with Crippen LogP contribution >= 0.6 is 15.9 Å². The zero-order valence-corrected chi connectivity index (χ0v) is 29.4. The second-order valence-electron chi connectivity index (χ2n) is 13.0. The van der Waals surface area contributed by atoms with Gasteiger partial charge in [-0.15, -0.1) is 0 Å². The van der Waals surface area contributed by atoms with Crippen molar-refractivity contribution in [2.24, 2.45) is 5.92 Å². The molecule has 1 fully saturated rings. The Bertz CT molecular complexity index is 1400.